The van der Waals surface area contributed by atoms with Gasteiger partial charge in [-0.25, -0.2) is 0 Å². The minimum Gasteiger partial charge on any atom is -0.360 e. The molecule has 128 valence electrons. The van der Waals surface area contributed by atoms with Gasteiger partial charge in [0, 0.05) is 12.8 Å². The second-order valence-electron chi connectivity index (χ2n) is 7.86. The van der Waals surface area contributed by atoms with E-state index in [2.05, 4.69) is 19.9 Å². The van der Waals surface area contributed by atoms with Crippen molar-refractivity contribution in [1.29, 1.82) is 0 Å². The smallest absolute Gasteiger partial charge is 0.164 e. The van der Waals surface area contributed by atoms with Crippen molar-refractivity contribution in [3.8, 4) is 0 Å². The maximum Gasteiger partial charge on any atom is 0.164 e. The Morgan fingerprint density at radius 2 is 1.78 bits per heavy atom. The average Bonchev–Trinajstić information content (AvgIpc) is 2.82. The monoisotopic (exact) mass is 318 g/mol. The molecule has 0 radical (unpaired) electrons. The zero-order valence-corrected chi connectivity index (χ0v) is 15.2. The highest BCUT2D eigenvalue weighted by Gasteiger charge is 2.50. The van der Waals surface area contributed by atoms with Gasteiger partial charge in [0.15, 0.2) is 11.6 Å². The molecule has 0 aliphatic carbocycles. The number of carbonyl (C=O) groups excluding carboxylic acids is 2. The Labute approximate surface area is 140 Å². The van der Waals surface area contributed by atoms with Crippen molar-refractivity contribution in [3.63, 3.8) is 0 Å². The summed E-state index contributed by atoms with van der Waals surface area (Å²) in [6.07, 6.45) is 7.84. The molecule has 0 aromatic heterocycles. The van der Waals surface area contributed by atoms with E-state index < -0.39 is 5.60 Å². The molecule has 0 N–H and O–H groups in total. The van der Waals surface area contributed by atoms with Gasteiger partial charge < -0.3 is 4.74 Å². The summed E-state index contributed by atoms with van der Waals surface area (Å²) in [5.74, 6) is 0.626. The maximum absolute atomic E-state index is 12.7. The zero-order chi connectivity index (χ0) is 17.3. The van der Waals surface area contributed by atoms with Crippen molar-refractivity contribution < 1.29 is 14.3 Å². The fourth-order valence-corrected chi connectivity index (χ4v) is 3.65. The third-order valence-electron chi connectivity index (χ3n) is 5.50. The minimum atomic E-state index is -0.676. The van der Waals surface area contributed by atoms with Crippen molar-refractivity contribution in [3.05, 3.63) is 23.3 Å². The molecular weight excluding hydrogens is 288 g/mol. The fourth-order valence-electron chi connectivity index (χ4n) is 3.65. The van der Waals surface area contributed by atoms with E-state index in [0.717, 1.165) is 30.4 Å². The van der Waals surface area contributed by atoms with Gasteiger partial charge in [-0.1, -0.05) is 31.1 Å². The van der Waals surface area contributed by atoms with Gasteiger partial charge in [-0.3, -0.25) is 9.59 Å². The number of allylic oxidation sites excluding steroid dienone is 3. The van der Waals surface area contributed by atoms with Crippen LogP contribution in [-0.4, -0.2) is 22.8 Å². The van der Waals surface area contributed by atoms with Crippen molar-refractivity contribution in [2.24, 2.45) is 5.92 Å². The summed E-state index contributed by atoms with van der Waals surface area (Å²) in [4.78, 5) is 24.8. The predicted octanol–water partition coefficient (Wildman–Crippen LogP) is 4.56. The third-order valence-corrected chi connectivity index (χ3v) is 5.50. The van der Waals surface area contributed by atoms with Crippen LogP contribution in [0.2, 0.25) is 0 Å². The Hall–Kier alpha value is -1.22. The van der Waals surface area contributed by atoms with Crippen LogP contribution in [0.15, 0.2) is 23.3 Å². The minimum absolute atomic E-state index is 0.124. The van der Waals surface area contributed by atoms with E-state index in [9.17, 15) is 9.59 Å². The van der Waals surface area contributed by atoms with Crippen LogP contribution < -0.4 is 0 Å². The lowest BCUT2D eigenvalue weighted by atomic mass is 9.82. The first kappa shape index (κ1) is 18.1. The van der Waals surface area contributed by atoms with Gasteiger partial charge in [0.05, 0.1) is 5.60 Å². The molecule has 1 saturated heterocycles. The molecule has 2 heterocycles. The maximum atomic E-state index is 12.7. The van der Waals surface area contributed by atoms with Gasteiger partial charge in [-0.05, 0) is 58.4 Å². The number of ether oxygens (including phenoxy) is 1. The van der Waals surface area contributed by atoms with Crippen molar-refractivity contribution in [1.82, 2.24) is 0 Å². The molecule has 2 bridgehead atoms. The summed E-state index contributed by atoms with van der Waals surface area (Å²) >= 11 is 0. The van der Waals surface area contributed by atoms with Crippen LogP contribution in [0.1, 0.15) is 73.1 Å². The molecule has 3 nitrogen and oxygen atoms in total. The highest BCUT2D eigenvalue weighted by atomic mass is 16.5. The van der Waals surface area contributed by atoms with Crippen LogP contribution in [0.5, 0.6) is 0 Å². The summed E-state index contributed by atoms with van der Waals surface area (Å²) in [6, 6.07) is 0. The van der Waals surface area contributed by atoms with Crippen LogP contribution >= 0.6 is 0 Å². The SMILES string of the molecule is C/C1=C\C(=O)C/C(C)=C/C[C@]2(C(C)C)CC[C@@](C)(O2)C(=O)CC1. The number of carbonyl (C=O) groups is 2. The van der Waals surface area contributed by atoms with Gasteiger partial charge in [0.1, 0.15) is 5.60 Å². The summed E-state index contributed by atoms with van der Waals surface area (Å²) in [5.41, 5.74) is 1.10. The normalized spacial score (nSPS) is 38.2. The second kappa shape index (κ2) is 6.72. The Kier molecular flexibility index (Phi) is 5.30. The number of ketones is 2. The van der Waals surface area contributed by atoms with E-state index in [1.807, 2.05) is 20.8 Å². The lowest BCUT2D eigenvalue weighted by Gasteiger charge is -2.35. The van der Waals surface area contributed by atoms with Crippen LogP contribution in [0.4, 0.5) is 0 Å². The van der Waals surface area contributed by atoms with E-state index in [1.165, 1.54) is 0 Å². The standard InChI is InChI=1S/C20H30O3/c1-14(2)20-9-8-16(4)13-17(21)12-15(3)6-7-18(22)19(5,23-20)10-11-20/h8,12,14H,6-7,9-11,13H2,1-5H3/b15-12+,16-8+/t19-,20-/m1/s1. The topological polar surface area (TPSA) is 43.4 Å². The van der Waals surface area contributed by atoms with Gasteiger partial charge >= 0.3 is 0 Å². The molecule has 2 aliphatic heterocycles. The molecule has 0 unspecified atom stereocenters. The molecule has 23 heavy (non-hydrogen) atoms. The third kappa shape index (κ3) is 4.00. The van der Waals surface area contributed by atoms with E-state index >= 15 is 0 Å². The molecular formula is C20H30O3. The summed E-state index contributed by atoms with van der Waals surface area (Å²) in [5, 5.41) is 0. The van der Waals surface area contributed by atoms with Crippen molar-refractivity contribution in [2.45, 2.75) is 84.3 Å². The van der Waals surface area contributed by atoms with Crippen molar-refractivity contribution >= 4 is 11.6 Å². The number of rotatable bonds is 1. The molecule has 0 spiro atoms. The quantitative estimate of drug-likeness (QED) is 0.666. The molecule has 3 heteroatoms. The van der Waals surface area contributed by atoms with Gasteiger partial charge in [-0.15, -0.1) is 0 Å². The second-order valence-corrected chi connectivity index (χ2v) is 7.86. The number of fused-ring (bicyclic) bond motifs is 2. The zero-order valence-electron chi connectivity index (χ0n) is 15.2. The van der Waals surface area contributed by atoms with E-state index in [4.69, 9.17) is 4.74 Å². The Bertz CT molecular complexity index is 555. The first-order chi connectivity index (χ1) is 10.7. The molecule has 2 atom stereocenters. The molecule has 0 aromatic rings. The Morgan fingerprint density at radius 1 is 1.09 bits per heavy atom. The molecule has 2 rings (SSSR count). The summed E-state index contributed by atoms with van der Waals surface area (Å²) < 4.78 is 6.44. The largest absolute Gasteiger partial charge is 0.360 e. The molecule has 2 aliphatic rings. The van der Waals surface area contributed by atoms with Crippen LogP contribution in [0, 0.1) is 5.92 Å². The Balaban J connectivity index is 2.35. The van der Waals surface area contributed by atoms with Crippen molar-refractivity contribution in [2.75, 3.05) is 0 Å². The first-order valence-electron chi connectivity index (χ1n) is 8.76. The lowest BCUT2D eigenvalue weighted by molar-refractivity contribution is -0.156. The first-order valence-corrected chi connectivity index (χ1v) is 8.76. The molecule has 0 amide bonds. The van der Waals surface area contributed by atoms with Crippen LogP contribution in [0.25, 0.3) is 0 Å². The van der Waals surface area contributed by atoms with Crippen LogP contribution in [-0.2, 0) is 14.3 Å². The number of hydrogen-bond donors (Lipinski definition) is 0. The molecule has 1 fully saturated rings. The highest BCUT2D eigenvalue weighted by molar-refractivity contribution is 5.92. The fraction of sp³-hybridized carbons (Fsp3) is 0.700. The number of Topliss-reactive ketones (excluding diaryl/α,β-unsaturated/α-hetero) is 1. The average molecular weight is 318 g/mol. The molecule has 0 aromatic carbocycles. The summed E-state index contributed by atoms with van der Waals surface area (Å²) in [6.45, 7) is 10.2. The van der Waals surface area contributed by atoms with Gasteiger partial charge in [-0.2, -0.15) is 0 Å². The summed E-state index contributed by atoms with van der Waals surface area (Å²) in [7, 11) is 0. The van der Waals surface area contributed by atoms with E-state index in [-0.39, 0.29) is 17.2 Å². The Morgan fingerprint density at radius 3 is 2.43 bits per heavy atom. The van der Waals surface area contributed by atoms with E-state index in [1.54, 1.807) is 6.08 Å². The number of hydrogen-bond acceptors (Lipinski definition) is 3. The van der Waals surface area contributed by atoms with Gasteiger partial charge in [0.2, 0.25) is 0 Å². The van der Waals surface area contributed by atoms with Gasteiger partial charge in [0.25, 0.3) is 0 Å². The van der Waals surface area contributed by atoms with Crippen LogP contribution in [0.3, 0.4) is 0 Å². The predicted molar refractivity (Wildman–Crippen MR) is 92.3 cm³/mol. The lowest BCUT2D eigenvalue weighted by Crippen LogP contribution is -2.42. The molecule has 0 saturated carbocycles. The highest BCUT2D eigenvalue weighted by Crippen LogP contribution is 2.46. The van der Waals surface area contributed by atoms with E-state index in [0.29, 0.717) is 25.2 Å².